The fourth-order valence-corrected chi connectivity index (χ4v) is 2.99. The largest absolute Gasteiger partial charge is 0.380 e. The number of benzene rings is 2. The Bertz CT molecular complexity index is 1270. The summed E-state index contributed by atoms with van der Waals surface area (Å²) in [5.74, 6) is -0.0450. The fourth-order valence-electron chi connectivity index (χ4n) is 2.99. The van der Waals surface area contributed by atoms with E-state index in [0.717, 1.165) is 0 Å². The number of non-ortho nitro benzene ring substituents is 1. The molecule has 2 aromatic carbocycles. The van der Waals surface area contributed by atoms with Gasteiger partial charge in [-0.1, -0.05) is 11.8 Å². The Morgan fingerprint density at radius 3 is 2.33 bits per heavy atom. The second-order valence-electron chi connectivity index (χ2n) is 8.35. The summed E-state index contributed by atoms with van der Waals surface area (Å²) in [7, 11) is 1.65. The van der Waals surface area contributed by atoms with Gasteiger partial charge in [-0.2, -0.15) is 5.10 Å². The third-order valence-electron chi connectivity index (χ3n) is 4.53. The lowest BCUT2D eigenvalue weighted by Gasteiger charge is -2.13. The number of nitrogens with zero attached hydrogens (tertiary/aromatic N) is 3. The topological polar surface area (TPSA) is 73.0 Å². The molecule has 0 aliphatic heterocycles. The van der Waals surface area contributed by atoms with Gasteiger partial charge in [0.15, 0.2) is 23.3 Å². The van der Waals surface area contributed by atoms with Crippen molar-refractivity contribution in [2.75, 3.05) is 5.32 Å². The number of anilines is 1. The minimum atomic E-state index is -1.53. The summed E-state index contributed by atoms with van der Waals surface area (Å²) in [5.41, 5.74) is -0.192. The molecule has 0 atom stereocenters. The van der Waals surface area contributed by atoms with Gasteiger partial charge in [-0.25, -0.2) is 17.6 Å². The van der Waals surface area contributed by atoms with Crippen molar-refractivity contribution < 1.29 is 22.5 Å². The van der Waals surface area contributed by atoms with Crippen LogP contribution in [0.5, 0.6) is 0 Å². The number of aromatic nitrogens is 2. The van der Waals surface area contributed by atoms with E-state index < -0.39 is 40.3 Å². The maximum atomic E-state index is 14.1. The van der Waals surface area contributed by atoms with Crippen molar-refractivity contribution in [2.45, 2.75) is 27.3 Å². The van der Waals surface area contributed by atoms with Crippen LogP contribution in [0.1, 0.15) is 31.9 Å². The Kier molecular flexibility index (Phi) is 6.44. The van der Waals surface area contributed by atoms with E-state index in [0.29, 0.717) is 11.3 Å². The molecule has 3 aromatic rings. The average Bonchev–Trinajstić information content (AvgIpc) is 3.10. The van der Waals surface area contributed by atoms with Gasteiger partial charge in [0.05, 0.1) is 10.5 Å². The van der Waals surface area contributed by atoms with Crippen LogP contribution < -0.4 is 5.32 Å². The molecule has 0 bridgehead atoms. The highest BCUT2D eigenvalue weighted by molar-refractivity contribution is 5.81. The molecule has 1 N–H and O–H groups in total. The Morgan fingerprint density at radius 2 is 1.76 bits per heavy atom. The van der Waals surface area contributed by atoms with Crippen molar-refractivity contribution in [3.63, 3.8) is 0 Å². The van der Waals surface area contributed by atoms with E-state index >= 15 is 0 Å². The van der Waals surface area contributed by atoms with Crippen LogP contribution in [0.2, 0.25) is 0 Å². The predicted octanol–water partition coefficient (Wildman–Crippen LogP) is 5.56. The molecule has 10 heteroatoms. The third-order valence-corrected chi connectivity index (χ3v) is 4.53. The van der Waals surface area contributed by atoms with Crippen molar-refractivity contribution in [1.82, 2.24) is 9.78 Å². The normalized spacial score (nSPS) is 11.2. The number of nitro groups is 1. The second-order valence-corrected chi connectivity index (χ2v) is 8.35. The first kappa shape index (κ1) is 23.8. The Balaban J connectivity index is 2.10. The summed E-state index contributed by atoms with van der Waals surface area (Å²) in [6, 6.07) is 3.88. The van der Waals surface area contributed by atoms with E-state index in [-0.39, 0.29) is 28.4 Å². The van der Waals surface area contributed by atoms with Gasteiger partial charge in [0.2, 0.25) is 0 Å². The summed E-state index contributed by atoms with van der Waals surface area (Å²) in [6.07, 6.45) is 1.64. The summed E-state index contributed by atoms with van der Waals surface area (Å²) < 4.78 is 56.7. The molecular weight excluding hydrogens is 440 g/mol. The van der Waals surface area contributed by atoms with E-state index in [1.165, 1.54) is 22.9 Å². The number of nitro benzene ring substituents is 1. The van der Waals surface area contributed by atoms with Crippen molar-refractivity contribution in [2.24, 2.45) is 12.5 Å². The predicted molar refractivity (Wildman–Crippen MR) is 115 cm³/mol. The van der Waals surface area contributed by atoms with Gasteiger partial charge in [-0.15, -0.1) is 0 Å². The molecular formula is C23H20F4N4O2. The van der Waals surface area contributed by atoms with Crippen LogP contribution in [0.15, 0.2) is 30.5 Å². The van der Waals surface area contributed by atoms with Crippen LogP contribution in [0.25, 0.3) is 11.3 Å². The molecule has 0 saturated heterocycles. The van der Waals surface area contributed by atoms with Gasteiger partial charge in [-0.05, 0) is 26.8 Å². The summed E-state index contributed by atoms with van der Waals surface area (Å²) in [4.78, 5) is 10.7. The molecule has 0 aliphatic carbocycles. The molecule has 3 rings (SSSR count). The van der Waals surface area contributed by atoms with Gasteiger partial charge < -0.3 is 5.32 Å². The van der Waals surface area contributed by atoms with E-state index in [2.05, 4.69) is 22.3 Å². The lowest BCUT2D eigenvalue weighted by molar-refractivity contribution is -0.384. The highest BCUT2D eigenvalue weighted by atomic mass is 19.2. The minimum Gasteiger partial charge on any atom is -0.380 e. The molecule has 0 fully saturated rings. The fraction of sp³-hybridized carbons (Fsp3) is 0.261. The van der Waals surface area contributed by atoms with Crippen LogP contribution in [0.4, 0.5) is 28.9 Å². The summed E-state index contributed by atoms with van der Waals surface area (Å²) in [6.45, 7) is 5.12. The maximum absolute atomic E-state index is 14.1. The average molecular weight is 460 g/mol. The lowest BCUT2D eigenvalue weighted by atomic mass is 9.97. The molecule has 0 spiro atoms. The minimum absolute atomic E-state index is 0.125. The molecule has 33 heavy (non-hydrogen) atoms. The van der Waals surface area contributed by atoms with Gasteiger partial charge in [0.1, 0.15) is 5.69 Å². The van der Waals surface area contributed by atoms with Gasteiger partial charge in [-0.3, -0.25) is 14.8 Å². The Labute approximate surface area is 187 Å². The van der Waals surface area contributed by atoms with Gasteiger partial charge >= 0.3 is 0 Å². The zero-order valence-electron chi connectivity index (χ0n) is 18.3. The SMILES string of the molecule is Cn1cc(C#CC(C)(C)C)c(-c2cc([N+](=O)[O-])ccc2NCc2c(F)c(F)cc(F)c2F)n1. The van der Waals surface area contributed by atoms with Crippen molar-refractivity contribution in [3.8, 4) is 23.1 Å². The van der Waals surface area contributed by atoms with Gasteiger partial charge in [0.25, 0.3) is 5.69 Å². The summed E-state index contributed by atoms with van der Waals surface area (Å²) >= 11 is 0. The van der Waals surface area contributed by atoms with Crippen LogP contribution >= 0.6 is 0 Å². The highest BCUT2D eigenvalue weighted by Crippen LogP contribution is 2.33. The molecule has 0 saturated carbocycles. The van der Waals surface area contributed by atoms with Crippen LogP contribution in [0, 0.1) is 50.6 Å². The number of hydrogen-bond donors (Lipinski definition) is 1. The van der Waals surface area contributed by atoms with E-state index in [9.17, 15) is 27.7 Å². The van der Waals surface area contributed by atoms with E-state index in [4.69, 9.17) is 0 Å². The first-order valence-electron chi connectivity index (χ1n) is 9.78. The lowest BCUT2D eigenvalue weighted by Crippen LogP contribution is -2.09. The second kappa shape index (κ2) is 8.94. The van der Waals surface area contributed by atoms with Crippen LogP contribution in [0.3, 0.4) is 0 Å². The molecule has 0 aliphatic rings. The molecule has 0 unspecified atom stereocenters. The molecule has 1 aromatic heterocycles. The van der Waals surface area contributed by atoms with E-state index in [1.807, 2.05) is 20.8 Å². The van der Waals surface area contributed by atoms with Crippen molar-refractivity contribution in [3.05, 3.63) is 75.0 Å². The zero-order chi connectivity index (χ0) is 24.5. The smallest absolute Gasteiger partial charge is 0.270 e. The number of halogens is 4. The molecule has 0 amide bonds. The third kappa shape index (κ3) is 5.31. The van der Waals surface area contributed by atoms with Crippen molar-refractivity contribution in [1.29, 1.82) is 0 Å². The van der Waals surface area contributed by atoms with Crippen molar-refractivity contribution >= 4 is 11.4 Å². The van der Waals surface area contributed by atoms with Gasteiger partial charge in [0, 0.05) is 60.2 Å². The monoisotopic (exact) mass is 460 g/mol. The van der Waals surface area contributed by atoms with Crippen LogP contribution in [-0.4, -0.2) is 14.7 Å². The molecule has 6 nitrogen and oxygen atoms in total. The quantitative estimate of drug-likeness (QED) is 0.178. The molecule has 1 heterocycles. The molecule has 0 radical (unpaired) electrons. The number of nitrogens with one attached hydrogen (secondary N) is 1. The Hall–Kier alpha value is -3.87. The first-order valence-corrected chi connectivity index (χ1v) is 9.78. The number of rotatable bonds is 5. The zero-order valence-corrected chi connectivity index (χ0v) is 18.3. The highest BCUT2D eigenvalue weighted by Gasteiger charge is 2.21. The number of aryl methyl sites for hydroxylation is 1. The van der Waals surface area contributed by atoms with Crippen LogP contribution in [-0.2, 0) is 13.6 Å². The number of hydrogen-bond acceptors (Lipinski definition) is 4. The standard InChI is InChI=1S/C23H20F4N4O2/c1-23(2,3)8-7-13-12-30(4)29-22(13)15-9-14(31(32)33)5-6-19(15)28-11-16-20(26)17(24)10-18(25)21(16)27/h5-6,9-10,12,28H,11H2,1-4H3. The molecule has 172 valence electrons. The first-order chi connectivity index (χ1) is 15.4. The Morgan fingerprint density at radius 1 is 1.12 bits per heavy atom. The van der Waals surface area contributed by atoms with E-state index in [1.54, 1.807) is 13.2 Å². The summed E-state index contributed by atoms with van der Waals surface area (Å²) in [5, 5.41) is 18.4. The maximum Gasteiger partial charge on any atom is 0.270 e.